The molecule has 1 aromatic rings. The predicted molar refractivity (Wildman–Crippen MR) is 98.5 cm³/mol. The highest BCUT2D eigenvalue weighted by Gasteiger charge is 2.29. The van der Waals surface area contributed by atoms with Crippen molar-refractivity contribution >= 4 is 29.4 Å². The summed E-state index contributed by atoms with van der Waals surface area (Å²) < 4.78 is 5.74. The van der Waals surface area contributed by atoms with E-state index >= 15 is 0 Å². The third-order valence-corrected chi connectivity index (χ3v) is 4.41. The number of hydrogen-bond acceptors (Lipinski definition) is 6. The first-order valence-electron chi connectivity index (χ1n) is 8.80. The van der Waals surface area contributed by atoms with E-state index in [4.69, 9.17) is 4.74 Å². The van der Waals surface area contributed by atoms with Crippen molar-refractivity contribution in [3.63, 3.8) is 0 Å². The third-order valence-electron chi connectivity index (χ3n) is 4.41. The van der Waals surface area contributed by atoms with E-state index in [0.717, 1.165) is 11.3 Å². The van der Waals surface area contributed by atoms with Gasteiger partial charge in [0, 0.05) is 32.6 Å². The largest absolute Gasteiger partial charge is 0.494 e. The van der Waals surface area contributed by atoms with Crippen LogP contribution in [0.5, 0.6) is 5.75 Å². The zero-order valence-electron chi connectivity index (χ0n) is 15.4. The normalized spacial score (nSPS) is 14.7. The summed E-state index contributed by atoms with van der Waals surface area (Å²) in [5.74, 6) is 0.958. The van der Waals surface area contributed by atoms with Crippen LogP contribution in [0.2, 0.25) is 0 Å². The lowest BCUT2D eigenvalue weighted by atomic mass is 10.1. The molecule has 1 saturated heterocycles. The number of fused-ring (bicyclic) bond motifs is 2. The molecule has 0 aromatic heterocycles. The molecule has 3 amide bonds. The minimum absolute atomic E-state index is 0.0518. The maximum absolute atomic E-state index is 12.0. The van der Waals surface area contributed by atoms with Crippen LogP contribution in [-0.2, 0) is 20.9 Å². The highest BCUT2D eigenvalue weighted by atomic mass is 16.5. The topological polar surface area (TPSA) is 103 Å². The van der Waals surface area contributed by atoms with E-state index in [1.54, 1.807) is 7.05 Å². The number of carbonyl (C=O) groups is 3. The maximum Gasteiger partial charge on any atom is 0.246 e. The van der Waals surface area contributed by atoms with Crippen LogP contribution in [0.1, 0.15) is 18.4 Å². The summed E-state index contributed by atoms with van der Waals surface area (Å²) >= 11 is 0. The number of likely N-dealkylation sites (N-methyl/N-ethyl adjacent to an activating group) is 2. The molecular weight excluding hydrogens is 350 g/mol. The van der Waals surface area contributed by atoms with Crippen molar-refractivity contribution in [2.45, 2.75) is 19.4 Å². The van der Waals surface area contributed by atoms with Crippen LogP contribution < -0.4 is 15.4 Å². The number of ether oxygens (including phenoxy) is 1. The van der Waals surface area contributed by atoms with Gasteiger partial charge in [-0.3, -0.25) is 19.7 Å². The van der Waals surface area contributed by atoms with E-state index in [1.165, 1.54) is 11.9 Å². The van der Waals surface area contributed by atoms with Crippen LogP contribution >= 0.6 is 0 Å². The molecule has 0 saturated carbocycles. The van der Waals surface area contributed by atoms with Gasteiger partial charge in [-0.05, 0) is 24.6 Å². The second-order valence-corrected chi connectivity index (χ2v) is 6.51. The Morgan fingerprint density at radius 1 is 1.37 bits per heavy atom. The van der Waals surface area contributed by atoms with Gasteiger partial charge in [0.15, 0.2) is 0 Å². The Bertz CT molecular complexity index is 792. The highest BCUT2D eigenvalue weighted by molar-refractivity contribution is 6.05. The quantitative estimate of drug-likeness (QED) is 0.654. The third kappa shape index (κ3) is 4.55. The van der Waals surface area contributed by atoms with E-state index in [0.29, 0.717) is 44.2 Å². The fourth-order valence-electron chi connectivity index (χ4n) is 2.91. The Balaban J connectivity index is 1.47. The number of rotatable bonds is 7. The Hall–Kier alpha value is -3.10. The fourth-order valence-corrected chi connectivity index (χ4v) is 2.91. The molecule has 0 bridgehead atoms. The van der Waals surface area contributed by atoms with Crippen LogP contribution in [0.15, 0.2) is 23.2 Å². The van der Waals surface area contributed by atoms with Crippen molar-refractivity contribution in [2.24, 2.45) is 4.99 Å². The average molecular weight is 373 g/mol. The minimum atomic E-state index is -0.197. The van der Waals surface area contributed by atoms with Crippen molar-refractivity contribution < 1.29 is 19.1 Å². The number of aliphatic imine (C=N–C) groups is 1. The summed E-state index contributed by atoms with van der Waals surface area (Å²) in [4.78, 5) is 42.4. The predicted octanol–water partition coefficient (Wildman–Crippen LogP) is -0.0171. The molecule has 0 unspecified atom stereocenters. The van der Waals surface area contributed by atoms with Crippen molar-refractivity contribution in [1.29, 1.82) is 0 Å². The number of nitrogens with one attached hydrogen (secondary N) is 2. The van der Waals surface area contributed by atoms with Crippen LogP contribution in [0.25, 0.3) is 0 Å². The van der Waals surface area contributed by atoms with Crippen LogP contribution in [0, 0.1) is 0 Å². The lowest BCUT2D eigenvalue weighted by Gasteiger charge is -2.23. The molecule has 9 heteroatoms. The minimum Gasteiger partial charge on any atom is -0.494 e. The molecular formula is C18H23N5O4. The summed E-state index contributed by atoms with van der Waals surface area (Å²) in [6, 6.07) is 5.61. The number of benzene rings is 1. The lowest BCUT2D eigenvalue weighted by Crippen LogP contribution is -2.36. The monoisotopic (exact) mass is 373 g/mol. The zero-order chi connectivity index (χ0) is 19.4. The van der Waals surface area contributed by atoms with Crippen LogP contribution in [-0.4, -0.2) is 67.3 Å². The molecule has 0 spiro atoms. The molecule has 9 nitrogen and oxygen atoms in total. The lowest BCUT2D eigenvalue weighted by molar-refractivity contribution is -0.134. The Morgan fingerprint density at radius 3 is 2.96 bits per heavy atom. The first kappa shape index (κ1) is 18.7. The Morgan fingerprint density at radius 2 is 2.19 bits per heavy atom. The first-order valence-corrected chi connectivity index (χ1v) is 8.80. The molecule has 3 rings (SSSR count). The van der Waals surface area contributed by atoms with Gasteiger partial charge in [0.25, 0.3) is 0 Å². The van der Waals surface area contributed by atoms with Crippen molar-refractivity contribution in [3.8, 4) is 5.75 Å². The van der Waals surface area contributed by atoms with Crippen LogP contribution in [0.3, 0.4) is 0 Å². The number of nitrogens with zero attached hydrogens (tertiary/aromatic N) is 3. The van der Waals surface area contributed by atoms with Gasteiger partial charge < -0.3 is 19.9 Å². The molecule has 2 N–H and O–H groups in total. The molecule has 1 fully saturated rings. The van der Waals surface area contributed by atoms with Gasteiger partial charge in [0.1, 0.15) is 12.3 Å². The second-order valence-electron chi connectivity index (χ2n) is 6.51. The van der Waals surface area contributed by atoms with E-state index in [9.17, 15) is 14.4 Å². The molecule has 0 radical (unpaired) electrons. The van der Waals surface area contributed by atoms with Crippen molar-refractivity contribution in [3.05, 3.63) is 23.8 Å². The van der Waals surface area contributed by atoms with E-state index in [2.05, 4.69) is 15.6 Å². The van der Waals surface area contributed by atoms with Gasteiger partial charge in [-0.2, -0.15) is 0 Å². The molecule has 2 heterocycles. The molecule has 2 aliphatic rings. The summed E-state index contributed by atoms with van der Waals surface area (Å²) in [6.07, 6.45) is 0.870. The second kappa shape index (κ2) is 8.07. The summed E-state index contributed by atoms with van der Waals surface area (Å²) in [7, 11) is 3.14. The van der Waals surface area contributed by atoms with E-state index in [1.807, 2.05) is 23.1 Å². The summed E-state index contributed by atoms with van der Waals surface area (Å²) in [5.41, 5.74) is 1.82. The van der Waals surface area contributed by atoms with Crippen LogP contribution in [0.4, 0.5) is 5.69 Å². The Labute approximate surface area is 157 Å². The first-order chi connectivity index (χ1) is 13.0. The van der Waals surface area contributed by atoms with Crippen molar-refractivity contribution in [2.75, 3.05) is 33.8 Å². The fraction of sp³-hybridized carbons (Fsp3) is 0.444. The summed E-state index contributed by atoms with van der Waals surface area (Å²) in [5, 5.41) is 5.22. The SMILES string of the molecule is CNC(=O)CN(C)C(=O)CCCOc1ccc2c(c1)CN1CC(=O)NC1=N2. The number of guanidine groups is 1. The molecule has 0 aliphatic carbocycles. The van der Waals surface area contributed by atoms with E-state index in [-0.39, 0.29) is 24.3 Å². The molecule has 2 aliphatic heterocycles. The molecule has 144 valence electrons. The maximum atomic E-state index is 12.0. The summed E-state index contributed by atoms with van der Waals surface area (Å²) in [6.45, 7) is 1.37. The number of carbonyl (C=O) groups excluding carboxylic acids is 3. The number of amides is 3. The van der Waals surface area contributed by atoms with Gasteiger partial charge in [0.05, 0.1) is 18.8 Å². The Kier molecular flexibility index (Phi) is 5.58. The average Bonchev–Trinajstić information content (AvgIpc) is 3.01. The molecule has 0 atom stereocenters. The highest BCUT2D eigenvalue weighted by Crippen LogP contribution is 2.30. The molecule has 1 aromatic carbocycles. The van der Waals surface area contributed by atoms with Gasteiger partial charge in [-0.1, -0.05) is 0 Å². The number of hydrogen-bond donors (Lipinski definition) is 2. The van der Waals surface area contributed by atoms with Crippen molar-refractivity contribution in [1.82, 2.24) is 20.4 Å². The smallest absolute Gasteiger partial charge is 0.246 e. The zero-order valence-corrected chi connectivity index (χ0v) is 15.4. The van der Waals surface area contributed by atoms with Gasteiger partial charge in [-0.25, -0.2) is 4.99 Å². The van der Waals surface area contributed by atoms with Gasteiger partial charge in [0.2, 0.25) is 23.7 Å². The van der Waals surface area contributed by atoms with Gasteiger partial charge in [-0.15, -0.1) is 0 Å². The standard InChI is InChI=1S/C18H23N5O4/c1-19-15(24)10-22(2)17(26)4-3-7-27-13-5-6-14-12(8-13)9-23-11-16(25)21-18(23)20-14/h5-6,8H,3-4,7,9-11H2,1-2H3,(H,19,24)(H,20,21,25). The molecule has 27 heavy (non-hydrogen) atoms. The van der Waals surface area contributed by atoms with Gasteiger partial charge >= 0.3 is 0 Å². The van der Waals surface area contributed by atoms with E-state index < -0.39 is 0 Å².